The minimum absolute atomic E-state index is 0.0561. The van der Waals surface area contributed by atoms with Crippen LogP contribution in [-0.4, -0.2) is 28.8 Å². The lowest BCUT2D eigenvalue weighted by atomic mass is 10.1. The Bertz CT molecular complexity index is 1430. The quantitative estimate of drug-likeness (QED) is 0.401. The zero-order valence-corrected chi connectivity index (χ0v) is 19.6. The van der Waals surface area contributed by atoms with E-state index in [1.807, 2.05) is 0 Å². The molecule has 0 bridgehead atoms. The molecule has 3 amide bonds. The largest absolute Gasteiger partial charge is 0.478 e. The number of nitrogens with one attached hydrogen (secondary N) is 2. The Morgan fingerprint density at radius 1 is 0.886 bits per heavy atom. The highest BCUT2D eigenvalue weighted by molar-refractivity contribution is 6.53. The summed E-state index contributed by atoms with van der Waals surface area (Å²) in [6.07, 6.45) is 0. The molecule has 0 aliphatic carbocycles. The number of carboxylic acid groups (broad SMARTS) is 1. The lowest BCUT2D eigenvalue weighted by molar-refractivity contribution is -0.120. The van der Waals surface area contributed by atoms with Gasteiger partial charge in [-0.05, 0) is 55.0 Å². The molecule has 3 aromatic carbocycles. The molecular formula is C25H17Cl2N3O5. The van der Waals surface area contributed by atoms with Gasteiger partial charge < -0.3 is 15.7 Å². The zero-order valence-electron chi connectivity index (χ0n) is 18.1. The topological polar surface area (TPSA) is 116 Å². The van der Waals surface area contributed by atoms with Crippen molar-refractivity contribution in [3.8, 4) is 0 Å². The second-order valence-electron chi connectivity index (χ2n) is 7.57. The number of hydrogen-bond acceptors (Lipinski definition) is 5. The van der Waals surface area contributed by atoms with Gasteiger partial charge in [-0.3, -0.25) is 14.4 Å². The number of imide groups is 1. The van der Waals surface area contributed by atoms with E-state index in [1.165, 1.54) is 24.3 Å². The molecule has 1 heterocycles. The number of para-hydroxylation sites is 1. The first-order chi connectivity index (χ1) is 16.7. The van der Waals surface area contributed by atoms with Crippen molar-refractivity contribution in [2.75, 3.05) is 15.5 Å². The van der Waals surface area contributed by atoms with Gasteiger partial charge in [-0.15, -0.1) is 0 Å². The molecule has 35 heavy (non-hydrogen) atoms. The number of aryl methyl sites for hydroxylation is 1. The number of carboxylic acids is 1. The number of hydrogen-bond donors (Lipinski definition) is 3. The van der Waals surface area contributed by atoms with Crippen molar-refractivity contribution in [3.63, 3.8) is 0 Å². The predicted octanol–water partition coefficient (Wildman–Crippen LogP) is 5.03. The fraction of sp³-hybridized carbons (Fsp3) is 0.0400. The highest BCUT2D eigenvalue weighted by atomic mass is 35.5. The summed E-state index contributed by atoms with van der Waals surface area (Å²) >= 11 is 12.2. The van der Waals surface area contributed by atoms with Crippen molar-refractivity contribution >= 4 is 64.0 Å². The summed E-state index contributed by atoms with van der Waals surface area (Å²) < 4.78 is 0. The van der Waals surface area contributed by atoms with Crippen LogP contribution in [0.3, 0.4) is 0 Å². The van der Waals surface area contributed by atoms with Crippen LogP contribution in [0.15, 0.2) is 77.5 Å². The second-order valence-corrected chi connectivity index (χ2v) is 8.39. The van der Waals surface area contributed by atoms with E-state index < -0.39 is 23.7 Å². The molecular weight excluding hydrogens is 493 g/mol. The molecule has 0 spiro atoms. The van der Waals surface area contributed by atoms with Gasteiger partial charge in [-0.1, -0.05) is 47.5 Å². The summed E-state index contributed by atoms with van der Waals surface area (Å²) in [6, 6.07) is 16.9. The number of carbonyl (C=O) groups is 4. The van der Waals surface area contributed by atoms with Gasteiger partial charge in [0.05, 0.1) is 16.9 Å². The van der Waals surface area contributed by atoms with Crippen LogP contribution in [0.5, 0.6) is 0 Å². The summed E-state index contributed by atoms with van der Waals surface area (Å²) in [4.78, 5) is 50.9. The minimum atomic E-state index is -1.18. The summed E-state index contributed by atoms with van der Waals surface area (Å²) in [5, 5.41) is 14.8. The maximum atomic E-state index is 13.0. The van der Waals surface area contributed by atoms with E-state index in [9.17, 15) is 24.3 Å². The van der Waals surface area contributed by atoms with E-state index in [-0.39, 0.29) is 33.2 Å². The Labute approximate surface area is 209 Å². The highest BCUT2D eigenvalue weighted by Crippen LogP contribution is 2.32. The van der Waals surface area contributed by atoms with Gasteiger partial charge >= 0.3 is 5.97 Å². The Morgan fingerprint density at radius 2 is 1.63 bits per heavy atom. The van der Waals surface area contributed by atoms with Gasteiger partial charge in [0.1, 0.15) is 10.7 Å². The third-order valence-electron chi connectivity index (χ3n) is 5.26. The number of carbonyl (C=O) groups excluding carboxylic acids is 3. The van der Waals surface area contributed by atoms with E-state index >= 15 is 0 Å². The summed E-state index contributed by atoms with van der Waals surface area (Å²) in [6.45, 7) is 1.74. The van der Waals surface area contributed by atoms with Crippen molar-refractivity contribution in [2.45, 2.75) is 6.92 Å². The van der Waals surface area contributed by atoms with Crippen LogP contribution in [0.4, 0.5) is 17.1 Å². The van der Waals surface area contributed by atoms with Crippen molar-refractivity contribution in [1.82, 2.24) is 0 Å². The third-order valence-corrected chi connectivity index (χ3v) is 5.84. The van der Waals surface area contributed by atoms with Crippen LogP contribution in [0.25, 0.3) is 0 Å². The Balaban J connectivity index is 1.60. The maximum Gasteiger partial charge on any atom is 0.337 e. The van der Waals surface area contributed by atoms with Gasteiger partial charge in [-0.25, -0.2) is 9.69 Å². The van der Waals surface area contributed by atoms with Crippen molar-refractivity contribution in [2.24, 2.45) is 0 Å². The van der Waals surface area contributed by atoms with Crippen LogP contribution in [0, 0.1) is 6.92 Å². The van der Waals surface area contributed by atoms with E-state index in [4.69, 9.17) is 23.2 Å². The first-order valence-corrected chi connectivity index (χ1v) is 11.0. The molecule has 4 rings (SSSR count). The van der Waals surface area contributed by atoms with Crippen LogP contribution in [-0.2, 0) is 9.59 Å². The van der Waals surface area contributed by atoms with Gasteiger partial charge in [0.2, 0.25) is 0 Å². The fourth-order valence-corrected chi connectivity index (χ4v) is 3.86. The highest BCUT2D eigenvalue weighted by Gasteiger charge is 2.39. The van der Waals surface area contributed by atoms with Crippen molar-refractivity contribution in [3.05, 3.63) is 99.2 Å². The lowest BCUT2D eigenvalue weighted by Gasteiger charge is -2.16. The number of nitrogens with zero attached hydrogens (tertiary/aromatic N) is 1. The van der Waals surface area contributed by atoms with Gasteiger partial charge in [0.25, 0.3) is 17.7 Å². The molecule has 0 saturated carbocycles. The first-order valence-electron chi connectivity index (χ1n) is 10.2. The zero-order chi connectivity index (χ0) is 25.3. The third kappa shape index (κ3) is 4.75. The van der Waals surface area contributed by atoms with E-state index in [0.717, 1.165) is 4.90 Å². The van der Waals surface area contributed by atoms with Crippen molar-refractivity contribution < 1.29 is 24.3 Å². The Hall–Kier alpha value is -4.14. The summed E-state index contributed by atoms with van der Waals surface area (Å²) in [5.74, 6) is -3.12. The number of aromatic carboxylic acids is 1. The average molecular weight is 510 g/mol. The molecule has 0 radical (unpaired) electrons. The molecule has 3 aromatic rings. The number of halogens is 2. The minimum Gasteiger partial charge on any atom is -0.478 e. The van der Waals surface area contributed by atoms with E-state index in [1.54, 1.807) is 49.4 Å². The smallest absolute Gasteiger partial charge is 0.337 e. The molecule has 0 unspecified atom stereocenters. The molecule has 1 aliphatic rings. The first kappa shape index (κ1) is 24.0. The molecule has 1 aliphatic heterocycles. The normalized spacial score (nSPS) is 13.3. The van der Waals surface area contributed by atoms with Gasteiger partial charge in [0, 0.05) is 16.3 Å². The van der Waals surface area contributed by atoms with Crippen LogP contribution >= 0.6 is 23.2 Å². The Kier molecular flexibility index (Phi) is 6.59. The molecule has 8 nitrogen and oxygen atoms in total. The monoisotopic (exact) mass is 509 g/mol. The molecule has 0 fully saturated rings. The van der Waals surface area contributed by atoms with Crippen LogP contribution in [0.1, 0.15) is 26.3 Å². The maximum absolute atomic E-state index is 13.0. The van der Waals surface area contributed by atoms with E-state index in [2.05, 4.69) is 10.6 Å². The predicted molar refractivity (Wildman–Crippen MR) is 133 cm³/mol. The summed E-state index contributed by atoms with van der Waals surface area (Å²) in [5.41, 5.74) is 1.44. The molecule has 3 N–H and O–H groups in total. The van der Waals surface area contributed by atoms with Crippen LogP contribution in [0.2, 0.25) is 5.02 Å². The molecule has 0 aromatic heterocycles. The number of benzene rings is 3. The lowest BCUT2D eigenvalue weighted by Crippen LogP contribution is -2.32. The van der Waals surface area contributed by atoms with E-state index in [0.29, 0.717) is 16.3 Å². The van der Waals surface area contributed by atoms with Crippen LogP contribution < -0.4 is 15.5 Å². The molecule has 0 saturated heterocycles. The van der Waals surface area contributed by atoms with Gasteiger partial charge in [0.15, 0.2) is 0 Å². The molecule has 0 atom stereocenters. The standard InChI is InChI=1S/C25H17Cl2N3O5/c1-13-9-10-14(22(31)29-18-8-3-2-7-17(18)25(34)35)11-19(13)28-21-20(27)23(32)30(24(21)33)16-6-4-5-15(26)12-16/h2-12,28H,1H3,(H,29,31)(H,34,35). The number of amides is 3. The average Bonchev–Trinajstić information content (AvgIpc) is 3.03. The SMILES string of the molecule is Cc1ccc(C(=O)Nc2ccccc2C(=O)O)cc1NC1=C(Cl)C(=O)N(c2cccc(Cl)c2)C1=O. The van der Waals surface area contributed by atoms with Gasteiger partial charge in [-0.2, -0.15) is 0 Å². The second kappa shape index (κ2) is 9.61. The Morgan fingerprint density at radius 3 is 2.34 bits per heavy atom. The van der Waals surface area contributed by atoms with Crippen molar-refractivity contribution in [1.29, 1.82) is 0 Å². The number of rotatable bonds is 6. The number of anilines is 3. The summed E-state index contributed by atoms with van der Waals surface area (Å²) in [7, 11) is 0. The molecule has 176 valence electrons. The molecule has 10 heteroatoms. The fourth-order valence-electron chi connectivity index (χ4n) is 3.47.